The smallest absolute Gasteiger partial charge is 0.261 e. The van der Waals surface area contributed by atoms with E-state index < -0.39 is 0 Å². The molecule has 0 bridgehead atoms. The van der Waals surface area contributed by atoms with Crippen LogP contribution in [0.1, 0.15) is 28.8 Å². The molecule has 0 saturated heterocycles. The van der Waals surface area contributed by atoms with Crippen LogP contribution in [0.3, 0.4) is 0 Å². The molecule has 0 N–H and O–H groups in total. The summed E-state index contributed by atoms with van der Waals surface area (Å²) in [7, 11) is 1.55. The standard InChI is InChI=1S/C15H15NO3/c1-11-12-7-3-4-8-13(12)15(18)16(14(11)17)9-5-6-10-19-2/h3-4,7-8,11H,9-10H2,1-2H3. The van der Waals surface area contributed by atoms with E-state index in [9.17, 15) is 9.59 Å². The summed E-state index contributed by atoms with van der Waals surface area (Å²) < 4.78 is 4.80. The van der Waals surface area contributed by atoms with E-state index in [1.807, 2.05) is 19.1 Å². The molecule has 0 radical (unpaired) electrons. The number of benzene rings is 1. The van der Waals surface area contributed by atoms with E-state index in [0.717, 1.165) is 5.56 Å². The lowest BCUT2D eigenvalue weighted by molar-refractivity contribution is -0.129. The van der Waals surface area contributed by atoms with Crippen LogP contribution < -0.4 is 0 Å². The van der Waals surface area contributed by atoms with E-state index in [1.165, 1.54) is 4.90 Å². The molecule has 2 rings (SSSR count). The molecule has 0 aliphatic carbocycles. The highest BCUT2D eigenvalue weighted by molar-refractivity contribution is 6.11. The summed E-state index contributed by atoms with van der Waals surface area (Å²) in [5.41, 5.74) is 1.38. The van der Waals surface area contributed by atoms with Crippen molar-refractivity contribution in [2.24, 2.45) is 0 Å². The number of fused-ring (bicyclic) bond motifs is 1. The first-order valence-corrected chi connectivity index (χ1v) is 6.06. The van der Waals surface area contributed by atoms with Gasteiger partial charge in [-0.2, -0.15) is 0 Å². The number of nitrogens with zero attached hydrogens (tertiary/aromatic N) is 1. The number of imide groups is 1. The van der Waals surface area contributed by atoms with Crippen LogP contribution in [-0.4, -0.2) is 37.0 Å². The van der Waals surface area contributed by atoms with Crippen molar-refractivity contribution in [2.45, 2.75) is 12.8 Å². The van der Waals surface area contributed by atoms with Crippen molar-refractivity contribution in [3.63, 3.8) is 0 Å². The molecule has 1 aromatic rings. The zero-order valence-electron chi connectivity index (χ0n) is 11.0. The maximum atomic E-state index is 12.2. The first-order chi connectivity index (χ1) is 9.16. The van der Waals surface area contributed by atoms with Gasteiger partial charge >= 0.3 is 0 Å². The molecule has 4 heteroatoms. The molecule has 4 nitrogen and oxygen atoms in total. The second-order valence-corrected chi connectivity index (χ2v) is 4.33. The van der Waals surface area contributed by atoms with Crippen molar-refractivity contribution in [1.82, 2.24) is 4.90 Å². The monoisotopic (exact) mass is 257 g/mol. The molecule has 19 heavy (non-hydrogen) atoms. The third-order valence-electron chi connectivity index (χ3n) is 3.12. The number of rotatable bonds is 2. The van der Waals surface area contributed by atoms with Gasteiger partial charge in [0.05, 0.1) is 12.5 Å². The summed E-state index contributed by atoms with van der Waals surface area (Å²) in [6.45, 7) is 2.21. The minimum absolute atomic E-state index is 0.111. The van der Waals surface area contributed by atoms with Gasteiger partial charge in [-0.1, -0.05) is 30.0 Å². The highest BCUT2D eigenvalue weighted by atomic mass is 16.5. The Labute approximate surface area is 112 Å². The normalized spacial score (nSPS) is 17.8. The Kier molecular flexibility index (Phi) is 3.98. The summed E-state index contributed by atoms with van der Waals surface area (Å²) in [6, 6.07) is 7.21. The molecule has 1 unspecified atom stereocenters. The Hall–Kier alpha value is -2.12. The van der Waals surface area contributed by atoms with Gasteiger partial charge in [0.25, 0.3) is 5.91 Å². The van der Waals surface area contributed by atoms with Gasteiger partial charge in [0.15, 0.2) is 0 Å². The summed E-state index contributed by atoms with van der Waals surface area (Å²) in [6.07, 6.45) is 0. The fraction of sp³-hybridized carbons (Fsp3) is 0.333. The first kappa shape index (κ1) is 13.3. The van der Waals surface area contributed by atoms with E-state index in [0.29, 0.717) is 12.2 Å². The van der Waals surface area contributed by atoms with Gasteiger partial charge in [-0.3, -0.25) is 14.5 Å². The number of carbonyl (C=O) groups excluding carboxylic acids is 2. The van der Waals surface area contributed by atoms with Crippen molar-refractivity contribution in [3.05, 3.63) is 35.4 Å². The van der Waals surface area contributed by atoms with Crippen molar-refractivity contribution >= 4 is 11.8 Å². The van der Waals surface area contributed by atoms with Crippen molar-refractivity contribution < 1.29 is 14.3 Å². The Morgan fingerprint density at radius 1 is 1.26 bits per heavy atom. The predicted molar refractivity (Wildman–Crippen MR) is 70.6 cm³/mol. The average Bonchev–Trinajstić information content (AvgIpc) is 2.44. The van der Waals surface area contributed by atoms with Crippen LogP contribution in [0.15, 0.2) is 24.3 Å². The topological polar surface area (TPSA) is 46.6 Å². The first-order valence-electron chi connectivity index (χ1n) is 6.06. The van der Waals surface area contributed by atoms with Crippen molar-refractivity contribution in [3.8, 4) is 11.8 Å². The summed E-state index contributed by atoms with van der Waals surface area (Å²) in [4.78, 5) is 25.6. The second-order valence-electron chi connectivity index (χ2n) is 4.33. The maximum absolute atomic E-state index is 12.2. The molecular weight excluding hydrogens is 242 g/mol. The molecular formula is C15H15NO3. The zero-order valence-corrected chi connectivity index (χ0v) is 11.0. The molecule has 1 heterocycles. The SMILES string of the molecule is COCC#CCN1C(=O)c2ccccc2C(C)C1=O. The quantitative estimate of drug-likeness (QED) is 0.594. The van der Waals surface area contributed by atoms with E-state index >= 15 is 0 Å². The molecule has 0 saturated carbocycles. The van der Waals surface area contributed by atoms with Crippen molar-refractivity contribution in [2.75, 3.05) is 20.3 Å². The Balaban J connectivity index is 2.27. The van der Waals surface area contributed by atoms with Gasteiger partial charge in [-0.15, -0.1) is 0 Å². The highest BCUT2D eigenvalue weighted by Crippen LogP contribution is 2.28. The van der Waals surface area contributed by atoms with Crippen LogP contribution in [-0.2, 0) is 9.53 Å². The summed E-state index contributed by atoms with van der Waals surface area (Å²) >= 11 is 0. The van der Waals surface area contributed by atoms with Gasteiger partial charge in [-0.05, 0) is 18.6 Å². The Bertz CT molecular complexity index is 568. The number of ether oxygens (including phenoxy) is 1. The largest absolute Gasteiger partial charge is 0.372 e. The van der Waals surface area contributed by atoms with Crippen LogP contribution in [0.4, 0.5) is 0 Å². The molecule has 0 spiro atoms. The molecule has 1 aliphatic heterocycles. The summed E-state index contributed by atoms with van der Waals surface area (Å²) in [5.74, 6) is 4.74. The van der Waals surface area contributed by atoms with Gasteiger partial charge in [0, 0.05) is 12.7 Å². The summed E-state index contributed by atoms with van der Waals surface area (Å²) in [5, 5.41) is 0. The minimum atomic E-state index is -0.307. The lowest BCUT2D eigenvalue weighted by Crippen LogP contribution is -2.44. The molecule has 2 amide bonds. The van der Waals surface area contributed by atoms with E-state index in [4.69, 9.17) is 4.74 Å². The predicted octanol–water partition coefficient (Wildman–Crippen LogP) is 1.42. The third-order valence-corrected chi connectivity index (χ3v) is 3.12. The van der Waals surface area contributed by atoms with Crippen LogP contribution in [0.2, 0.25) is 0 Å². The molecule has 1 aliphatic rings. The maximum Gasteiger partial charge on any atom is 0.261 e. The van der Waals surface area contributed by atoms with Gasteiger partial charge in [-0.25, -0.2) is 0 Å². The van der Waals surface area contributed by atoms with Crippen LogP contribution >= 0.6 is 0 Å². The minimum Gasteiger partial charge on any atom is -0.372 e. The van der Waals surface area contributed by atoms with Gasteiger partial charge in [0.1, 0.15) is 6.61 Å². The number of amides is 2. The lowest BCUT2D eigenvalue weighted by atomic mass is 9.90. The fourth-order valence-corrected chi connectivity index (χ4v) is 2.09. The zero-order chi connectivity index (χ0) is 13.8. The third kappa shape index (κ3) is 2.51. The molecule has 0 fully saturated rings. The van der Waals surface area contributed by atoms with E-state index in [2.05, 4.69) is 11.8 Å². The van der Waals surface area contributed by atoms with Gasteiger partial charge < -0.3 is 4.74 Å². The highest BCUT2D eigenvalue weighted by Gasteiger charge is 2.35. The van der Waals surface area contributed by atoms with Crippen LogP contribution in [0.5, 0.6) is 0 Å². The van der Waals surface area contributed by atoms with Crippen LogP contribution in [0.25, 0.3) is 0 Å². The van der Waals surface area contributed by atoms with Gasteiger partial charge in [0.2, 0.25) is 5.91 Å². The second kappa shape index (κ2) is 5.68. The molecule has 1 atom stereocenters. The van der Waals surface area contributed by atoms with E-state index in [-0.39, 0.29) is 24.3 Å². The Morgan fingerprint density at radius 2 is 2.00 bits per heavy atom. The average molecular weight is 257 g/mol. The number of hydrogen-bond donors (Lipinski definition) is 0. The number of hydrogen-bond acceptors (Lipinski definition) is 3. The number of methoxy groups -OCH3 is 1. The molecule has 0 aromatic heterocycles. The van der Waals surface area contributed by atoms with E-state index in [1.54, 1.807) is 19.2 Å². The Morgan fingerprint density at radius 3 is 2.74 bits per heavy atom. The fourth-order valence-electron chi connectivity index (χ4n) is 2.09. The van der Waals surface area contributed by atoms with Crippen LogP contribution in [0, 0.1) is 11.8 Å². The lowest BCUT2D eigenvalue weighted by Gasteiger charge is -2.29. The van der Waals surface area contributed by atoms with Crippen molar-refractivity contribution in [1.29, 1.82) is 0 Å². The number of carbonyl (C=O) groups is 2. The molecule has 1 aromatic carbocycles. The molecule has 98 valence electrons.